The molecule has 0 saturated carbocycles. The lowest BCUT2D eigenvalue weighted by molar-refractivity contribution is -0.143. The standard InChI is InChI=1S/C21H23NO5S/c1-15-6-8-16(9-7-15)12-22(17-10-11-28(24,25)14-17)21(23)20-13-26-18-4-2-3-5-19(18)27-20/h2-9,17,20H,10-14H2,1H3/t17-,20+/m0/s1. The summed E-state index contributed by atoms with van der Waals surface area (Å²) >= 11 is 0. The lowest BCUT2D eigenvalue weighted by Gasteiger charge is -2.34. The average Bonchev–Trinajstić information content (AvgIpc) is 3.06. The molecule has 2 aromatic carbocycles. The van der Waals surface area contributed by atoms with Crippen molar-refractivity contribution in [1.82, 2.24) is 4.90 Å². The zero-order chi connectivity index (χ0) is 19.7. The monoisotopic (exact) mass is 401 g/mol. The molecule has 4 rings (SSSR count). The Morgan fingerprint density at radius 3 is 2.50 bits per heavy atom. The van der Waals surface area contributed by atoms with Gasteiger partial charge in [0.1, 0.15) is 6.61 Å². The van der Waals surface area contributed by atoms with Crippen LogP contribution in [0.3, 0.4) is 0 Å². The number of aryl methyl sites for hydroxylation is 1. The number of nitrogens with zero attached hydrogens (tertiary/aromatic N) is 1. The van der Waals surface area contributed by atoms with Crippen LogP contribution in [0.1, 0.15) is 17.5 Å². The second kappa shape index (κ2) is 7.47. The summed E-state index contributed by atoms with van der Waals surface area (Å²) in [4.78, 5) is 15.0. The molecule has 0 spiro atoms. The minimum atomic E-state index is -3.12. The Bertz CT molecular complexity index is 971. The van der Waals surface area contributed by atoms with E-state index in [4.69, 9.17) is 9.47 Å². The first-order valence-corrected chi connectivity index (χ1v) is 11.2. The third-order valence-corrected chi connectivity index (χ3v) is 6.94. The molecule has 7 heteroatoms. The molecular weight excluding hydrogens is 378 g/mol. The van der Waals surface area contributed by atoms with E-state index >= 15 is 0 Å². The maximum absolute atomic E-state index is 13.3. The van der Waals surface area contributed by atoms with E-state index in [1.54, 1.807) is 17.0 Å². The molecule has 6 nitrogen and oxygen atoms in total. The molecule has 0 N–H and O–H groups in total. The minimum absolute atomic E-state index is 0.00519. The predicted octanol–water partition coefficient (Wildman–Crippen LogP) is 2.35. The fraction of sp³-hybridized carbons (Fsp3) is 0.381. The number of fused-ring (bicyclic) bond motifs is 1. The number of rotatable bonds is 4. The average molecular weight is 401 g/mol. The number of amides is 1. The maximum atomic E-state index is 13.3. The van der Waals surface area contributed by atoms with E-state index in [0.717, 1.165) is 11.1 Å². The Morgan fingerprint density at radius 1 is 1.11 bits per heavy atom. The zero-order valence-corrected chi connectivity index (χ0v) is 16.5. The largest absolute Gasteiger partial charge is 0.485 e. The van der Waals surface area contributed by atoms with Gasteiger partial charge in [-0.05, 0) is 31.0 Å². The topological polar surface area (TPSA) is 72.9 Å². The molecule has 0 aromatic heterocycles. The molecule has 0 bridgehead atoms. The third kappa shape index (κ3) is 3.99. The van der Waals surface area contributed by atoms with Crippen LogP contribution in [0.15, 0.2) is 48.5 Å². The molecule has 1 fully saturated rings. The van der Waals surface area contributed by atoms with Crippen LogP contribution in [0.4, 0.5) is 0 Å². The molecule has 2 heterocycles. The Labute approximate surface area is 165 Å². The van der Waals surface area contributed by atoms with Crippen molar-refractivity contribution in [2.45, 2.75) is 32.0 Å². The van der Waals surface area contributed by atoms with E-state index in [2.05, 4.69) is 0 Å². The number of carbonyl (C=O) groups excluding carboxylic acids is 1. The summed E-state index contributed by atoms with van der Waals surface area (Å²) in [7, 11) is -3.12. The molecule has 2 aliphatic heterocycles. The molecule has 0 aliphatic carbocycles. The van der Waals surface area contributed by atoms with Crippen molar-refractivity contribution >= 4 is 15.7 Å². The molecule has 0 radical (unpaired) electrons. The van der Waals surface area contributed by atoms with E-state index in [9.17, 15) is 13.2 Å². The third-order valence-electron chi connectivity index (χ3n) is 5.19. The van der Waals surface area contributed by atoms with Crippen molar-refractivity contribution in [1.29, 1.82) is 0 Å². The number of hydrogen-bond acceptors (Lipinski definition) is 5. The molecule has 2 atom stereocenters. The van der Waals surface area contributed by atoms with Crippen LogP contribution in [0, 0.1) is 6.92 Å². The molecule has 28 heavy (non-hydrogen) atoms. The first-order chi connectivity index (χ1) is 13.4. The van der Waals surface area contributed by atoms with Gasteiger partial charge in [-0.3, -0.25) is 4.79 Å². The first-order valence-electron chi connectivity index (χ1n) is 9.36. The van der Waals surface area contributed by atoms with Crippen molar-refractivity contribution in [2.75, 3.05) is 18.1 Å². The maximum Gasteiger partial charge on any atom is 0.267 e. The number of benzene rings is 2. The smallest absolute Gasteiger partial charge is 0.267 e. The highest BCUT2D eigenvalue weighted by Crippen LogP contribution is 2.32. The van der Waals surface area contributed by atoms with Crippen molar-refractivity contribution in [2.24, 2.45) is 0 Å². The van der Waals surface area contributed by atoms with Crippen LogP contribution in [0.25, 0.3) is 0 Å². The highest BCUT2D eigenvalue weighted by Gasteiger charge is 2.39. The number of carbonyl (C=O) groups is 1. The van der Waals surface area contributed by atoms with E-state index in [1.807, 2.05) is 43.3 Å². The van der Waals surface area contributed by atoms with Gasteiger partial charge in [0.15, 0.2) is 21.3 Å². The zero-order valence-electron chi connectivity index (χ0n) is 15.7. The van der Waals surface area contributed by atoms with Crippen LogP contribution in [0.5, 0.6) is 11.5 Å². The number of ether oxygens (including phenoxy) is 2. The van der Waals surface area contributed by atoms with Crippen LogP contribution < -0.4 is 9.47 Å². The molecule has 1 saturated heterocycles. The van der Waals surface area contributed by atoms with Crippen LogP contribution in [-0.4, -0.2) is 49.5 Å². The first kappa shape index (κ1) is 18.8. The van der Waals surface area contributed by atoms with Crippen molar-refractivity contribution in [3.05, 3.63) is 59.7 Å². The summed E-state index contributed by atoms with van der Waals surface area (Å²) in [6, 6.07) is 14.8. The van der Waals surface area contributed by atoms with Crippen LogP contribution in [0.2, 0.25) is 0 Å². The van der Waals surface area contributed by atoms with E-state index < -0.39 is 15.9 Å². The van der Waals surface area contributed by atoms with E-state index in [1.165, 1.54) is 0 Å². The fourth-order valence-electron chi connectivity index (χ4n) is 3.62. The molecular formula is C21H23NO5S. The normalized spacial score (nSPS) is 22.6. The number of hydrogen-bond donors (Lipinski definition) is 0. The van der Waals surface area contributed by atoms with Gasteiger partial charge in [-0.25, -0.2) is 8.42 Å². The molecule has 148 valence electrons. The summed E-state index contributed by atoms with van der Waals surface area (Å²) in [6.45, 7) is 2.46. The van der Waals surface area contributed by atoms with Gasteiger partial charge in [-0.15, -0.1) is 0 Å². The minimum Gasteiger partial charge on any atom is -0.485 e. The summed E-state index contributed by atoms with van der Waals surface area (Å²) in [6.07, 6.45) is -0.340. The van der Waals surface area contributed by atoms with Crippen molar-refractivity contribution in [3.8, 4) is 11.5 Å². The van der Waals surface area contributed by atoms with E-state index in [0.29, 0.717) is 24.5 Å². The SMILES string of the molecule is Cc1ccc(CN(C(=O)[C@H]2COc3ccccc3O2)[C@H]2CCS(=O)(=O)C2)cc1. The van der Waals surface area contributed by atoms with Crippen molar-refractivity contribution in [3.63, 3.8) is 0 Å². The molecule has 2 aromatic rings. The van der Waals surface area contributed by atoms with Gasteiger partial charge in [0.2, 0.25) is 6.10 Å². The fourth-order valence-corrected chi connectivity index (χ4v) is 5.36. The van der Waals surface area contributed by atoms with Crippen LogP contribution in [-0.2, 0) is 21.2 Å². The second-order valence-electron chi connectivity index (χ2n) is 7.37. The van der Waals surface area contributed by atoms with E-state index in [-0.39, 0.29) is 30.1 Å². The highest BCUT2D eigenvalue weighted by atomic mass is 32.2. The van der Waals surface area contributed by atoms with Crippen LogP contribution >= 0.6 is 0 Å². The van der Waals surface area contributed by atoms with Gasteiger partial charge < -0.3 is 14.4 Å². The van der Waals surface area contributed by atoms with Gasteiger partial charge in [-0.2, -0.15) is 0 Å². The summed E-state index contributed by atoms with van der Waals surface area (Å²) in [5, 5.41) is 0. The Kier molecular flexibility index (Phi) is 5.02. The predicted molar refractivity (Wildman–Crippen MR) is 105 cm³/mol. The summed E-state index contributed by atoms with van der Waals surface area (Å²) < 4.78 is 35.6. The molecule has 2 aliphatic rings. The van der Waals surface area contributed by atoms with Gasteiger partial charge in [0, 0.05) is 12.6 Å². The molecule has 0 unspecified atom stereocenters. The second-order valence-corrected chi connectivity index (χ2v) is 9.60. The summed E-state index contributed by atoms with van der Waals surface area (Å²) in [5.74, 6) is 1.01. The van der Waals surface area contributed by atoms with Gasteiger partial charge in [0.25, 0.3) is 5.91 Å². The Hall–Kier alpha value is -2.54. The van der Waals surface area contributed by atoms with Crippen molar-refractivity contribution < 1.29 is 22.7 Å². The van der Waals surface area contributed by atoms with Gasteiger partial charge >= 0.3 is 0 Å². The molecule has 1 amide bonds. The Morgan fingerprint density at radius 2 is 1.82 bits per heavy atom. The number of sulfone groups is 1. The number of para-hydroxylation sites is 2. The Balaban J connectivity index is 1.57. The van der Waals surface area contributed by atoms with Gasteiger partial charge in [-0.1, -0.05) is 42.0 Å². The summed E-state index contributed by atoms with van der Waals surface area (Å²) in [5.41, 5.74) is 2.09. The lowest BCUT2D eigenvalue weighted by atomic mass is 10.1. The quantitative estimate of drug-likeness (QED) is 0.786. The highest BCUT2D eigenvalue weighted by molar-refractivity contribution is 7.91. The van der Waals surface area contributed by atoms with Gasteiger partial charge in [0.05, 0.1) is 11.5 Å². The lowest BCUT2D eigenvalue weighted by Crippen LogP contribution is -2.50.